The van der Waals surface area contributed by atoms with E-state index in [1.165, 1.54) is 0 Å². The SMILES string of the molecule is CC(C)(C)OC(=O)N[C@H](CS)COCc1ccccc1. The summed E-state index contributed by atoms with van der Waals surface area (Å²) in [6, 6.07) is 9.72. The van der Waals surface area contributed by atoms with E-state index in [0.717, 1.165) is 5.56 Å². The molecule has 0 bridgehead atoms. The van der Waals surface area contributed by atoms with Crippen molar-refractivity contribution in [1.82, 2.24) is 5.32 Å². The zero-order chi connectivity index (χ0) is 15.0. The van der Waals surface area contributed by atoms with Crippen LogP contribution in [0.25, 0.3) is 0 Å². The molecule has 0 saturated carbocycles. The molecule has 0 saturated heterocycles. The summed E-state index contributed by atoms with van der Waals surface area (Å²) in [5, 5.41) is 2.75. The molecule has 0 aliphatic heterocycles. The Balaban J connectivity index is 2.31. The van der Waals surface area contributed by atoms with E-state index in [2.05, 4.69) is 17.9 Å². The second kappa shape index (κ2) is 8.17. The van der Waals surface area contributed by atoms with Crippen molar-refractivity contribution in [2.75, 3.05) is 12.4 Å². The maximum absolute atomic E-state index is 11.6. The normalized spacial score (nSPS) is 12.8. The molecule has 1 atom stereocenters. The van der Waals surface area contributed by atoms with Crippen LogP contribution in [0.4, 0.5) is 4.79 Å². The van der Waals surface area contributed by atoms with Crippen molar-refractivity contribution >= 4 is 18.7 Å². The highest BCUT2D eigenvalue weighted by Crippen LogP contribution is 2.07. The van der Waals surface area contributed by atoms with Crippen LogP contribution in [0.5, 0.6) is 0 Å². The van der Waals surface area contributed by atoms with Gasteiger partial charge in [-0.15, -0.1) is 0 Å². The van der Waals surface area contributed by atoms with E-state index in [4.69, 9.17) is 9.47 Å². The molecule has 0 fully saturated rings. The minimum absolute atomic E-state index is 0.170. The first-order valence-electron chi connectivity index (χ1n) is 6.63. The molecule has 0 aliphatic carbocycles. The monoisotopic (exact) mass is 297 g/mol. The van der Waals surface area contributed by atoms with Crippen molar-refractivity contribution in [1.29, 1.82) is 0 Å². The van der Waals surface area contributed by atoms with Crippen LogP contribution in [0.1, 0.15) is 26.3 Å². The van der Waals surface area contributed by atoms with Gasteiger partial charge in [-0.3, -0.25) is 0 Å². The first kappa shape index (κ1) is 16.9. The molecule has 1 aromatic carbocycles. The maximum Gasteiger partial charge on any atom is 0.407 e. The van der Waals surface area contributed by atoms with Crippen molar-refractivity contribution in [2.24, 2.45) is 0 Å². The Labute approximate surface area is 126 Å². The summed E-state index contributed by atoms with van der Waals surface area (Å²) in [7, 11) is 0. The highest BCUT2D eigenvalue weighted by molar-refractivity contribution is 7.80. The van der Waals surface area contributed by atoms with Gasteiger partial charge in [0.1, 0.15) is 5.60 Å². The molecular formula is C15H23NO3S. The number of rotatable bonds is 6. The molecule has 1 rings (SSSR count). The lowest BCUT2D eigenvalue weighted by molar-refractivity contribution is 0.0445. The molecule has 5 heteroatoms. The van der Waals surface area contributed by atoms with E-state index >= 15 is 0 Å². The van der Waals surface area contributed by atoms with E-state index in [1.807, 2.05) is 51.1 Å². The number of hydrogen-bond acceptors (Lipinski definition) is 4. The molecule has 112 valence electrons. The lowest BCUT2D eigenvalue weighted by atomic mass is 10.2. The number of ether oxygens (including phenoxy) is 2. The van der Waals surface area contributed by atoms with E-state index in [0.29, 0.717) is 19.0 Å². The van der Waals surface area contributed by atoms with Gasteiger partial charge in [0.05, 0.1) is 19.3 Å². The number of carbonyl (C=O) groups excluding carboxylic acids is 1. The van der Waals surface area contributed by atoms with Crippen molar-refractivity contribution in [2.45, 2.75) is 39.0 Å². The van der Waals surface area contributed by atoms with Crippen LogP contribution < -0.4 is 5.32 Å². The van der Waals surface area contributed by atoms with Crippen LogP contribution in [0.2, 0.25) is 0 Å². The van der Waals surface area contributed by atoms with Crippen molar-refractivity contribution in [3.05, 3.63) is 35.9 Å². The Kier molecular flexibility index (Phi) is 6.88. The third kappa shape index (κ3) is 7.40. The summed E-state index contributed by atoms with van der Waals surface area (Å²) in [5.41, 5.74) is 0.596. The third-order valence-corrected chi connectivity index (χ3v) is 2.81. The number of amides is 1. The van der Waals surface area contributed by atoms with Crippen LogP contribution in [0.3, 0.4) is 0 Å². The van der Waals surface area contributed by atoms with E-state index in [9.17, 15) is 4.79 Å². The molecule has 0 radical (unpaired) electrons. The second-order valence-electron chi connectivity index (χ2n) is 5.53. The zero-order valence-electron chi connectivity index (χ0n) is 12.3. The van der Waals surface area contributed by atoms with Gasteiger partial charge in [-0.1, -0.05) is 30.3 Å². The Bertz CT molecular complexity index is 403. The van der Waals surface area contributed by atoms with Gasteiger partial charge in [-0.05, 0) is 26.3 Å². The van der Waals surface area contributed by atoms with Gasteiger partial charge in [0.25, 0.3) is 0 Å². The van der Waals surface area contributed by atoms with Gasteiger partial charge in [-0.2, -0.15) is 12.6 Å². The zero-order valence-corrected chi connectivity index (χ0v) is 13.2. The van der Waals surface area contributed by atoms with Crippen LogP contribution in [-0.4, -0.2) is 30.1 Å². The molecule has 1 amide bonds. The van der Waals surface area contributed by atoms with Gasteiger partial charge < -0.3 is 14.8 Å². The predicted octanol–water partition coefficient (Wildman–Crippen LogP) is 3.03. The molecular weight excluding hydrogens is 274 g/mol. The molecule has 0 aliphatic rings. The minimum atomic E-state index is -0.504. The number of carbonyl (C=O) groups is 1. The molecule has 1 N–H and O–H groups in total. The summed E-state index contributed by atoms with van der Waals surface area (Å²) in [5.74, 6) is 0.494. The number of alkyl carbamates (subject to hydrolysis) is 1. The third-order valence-electron chi connectivity index (χ3n) is 2.37. The van der Waals surface area contributed by atoms with Gasteiger partial charge >= 0.3 is 6.09 Å². The van der Waals surface area contributed by atoms with Crippen LogP contribution in [0, 0.1) is 0 Å². The minimum Gasteiger partial charge on any atom is -0.444 e. The summed E-state index contributed by atoms with van der Waals surface area (Å²) >= 11 is 4.21. The Hall–Kier alpha value is -1.20. The fourth-order valence-corrected chi connectivity index (χ4v) is 1.70. The Morgan fingerprint density at radius 3 is 2.50 bits per heavy atom. The second-order valence-corrected chi connectivity index (χ2v) is 5.89. The Morgan fingerprint density at radius 1 is 1.30 bits per heavy atom. The van der Waals surface area contributed by atoms with Gasteiger partial charge in [-0.25, -0.2) is 4.79 Å². The number of thiol groups is 1. The number of hydrogen-bond donors (Lipinski definition) is 2. The number of benzene rings is 1. The summed E-state index contributed by atoms with van der Waals surface area (Å²) < 4.78 is 10.8. The number of nitrogens with one attached hydrogen (secondary N) is 1. The average Bonchev–Trinajstić information content (AvgIpc) is 2.36. The maximum atomic E-state index is 11.6. The van der Waals surface area contributed by atoms with Crippen molar-refractivity contribution < 1.29 is 14.3 Å². The molecule has 0 heterocycles. The quantitative estimate of drug-likeness (QED) is 0.794. The van der Waals surface area contributed by atoms with Crippen LogP contribution in [-0.2, 0) is 16.1 Å². The molecule has 0 spiro atoms. The highest BCUT2D eigenvalue weighted by atomic mass is 32.1. The van der Waals surface area contributed by atoms with E-state index < -0.39 is 11.7 Å². The van der Waals surface area contributed by atoms with Gasteiger partial charge in [0.15, 0.2) is 0 Å². The largest absolute Gasteiger partial charge is 0.444 e. The summed E-state index contributed by atoms with van der Waals surface area (Å²) in [6.07, 6.45) is -0.445. The fraction of sp³-hybridized carbons (Fsp3) is 0.533. The standard InChI is InChI=1S/C15H23NO3S/c1-15(2,3)19-14(17)16-13(11-20)10-18-9-12-7-5-4-6-8-12/h4-8,13,20H,9-11H2,1-3H3,(H,16,17)/t13-/m0/s1. The summed E-state index contributed by atoms with van der Waals surface area (Å²) in [4.78, 5) is 11.6. The first-order valence-corrected chi connectivity index (χ1v) is 7.26. The molecule has 0 unspecified atom stereocenters. The summed E-state index contributed by atoms with van der Waals surface area (Å²) in [6.45, 7) is 6.40. The highest BCUT2D eigenvalue weighted by Gasteiger charge is 2.18. The average molecular weight is 297 g/mol. The topological polar surface area (TPSA) is 47.6 Å². The van der Waals surface area contributed by atoms with E-state index in [1.54, 1.807) is 0 Å². The van der Waals surface area contributed by atoms with Crippen molar-refractivity contribution in [3.8, 4) is 0 Å². The van der Waals surface area contributed by atoms with Crippen LogP contribution >= 0.6 is 12.6 Å². The smallest absolute Gasteiger partial charge is 0.407 e. The molecule has 20 heavy (non-hydrogen) atoms. The molecule has 0 aromatic heterocycles. The Morgan fingerprint density at radius 2 is 1.95 bits per heavy atom. The molecule has 1 aromatic rings. The molecule has 4 nitrogen and oxygen atoms in total. The van der Waals surface area contributed by atoms with Crippen LogP contribution in [0.15, 0.2) is 30.3 Å². The lowest BCUT2D eigenvalue weighted by Gasteiger charge is -2.22. The van der Waals surface area contributed by atoms with Gasteiger partial charge in [0.2, 0.25) is 0 Å². The first-order chi connectivity index (χ1) is 9.40. The van der Waals surface area contributed by atoms with E-state index in [-0.39, 0.29) is 6.04 Å². The fourth-order valence-electron chi connectivity index (χ4n) is 1.51. The van der Waals surface area contributed by atoms with Crippen molar-refractivity contribution in [3.63, 3.8) is 0 Å². The lowest BCUT2D eigenvalue weighted by Crippen LogP contribution is -2.42. The predicted molar refractivity (Wildman–Crippen MR) is 83.1 cm³/mol. The van der Waals surface area contributed by atoms with Gasteiger partial charge in [0, 0.05) is 5.75 Å².